The number of carboxylic acids is 1. The smallest absolute Gasteiger partial charge is 0.420 e. The highest BCUT2D eigenvalue weighted by Crippen LogP contribution is 2.39. The Bertz CT molecular complexity index is 697. The molecule has 0 saturated carbocycles. The van der Waals surface area contributed by atoms with Crippen LogP contribution in [0.2, 0.25) is 0 Å². The van der Waals surface area contributed by atoms with Gasteiger partial charge in [-0.25, -0.2) is 9.78 Å². The first-order valence-corrected chi connectivity index (χ1v) is 5.74. The number of aromatic nitrogens is 2. The van der Waals surface area contributed by atoms with Gasteiger partial charge in [0.1, 0.15) is 5.56 Å². The highest BCUT2D eigenvalue weighted by atomic mass is 19.4. The lowest BCUT2D eigenvalue weighted by Crippen LogP contribution is -2.15. The second kappa shape index (κ2) is 5.04. The predicted molar refractivity (Wildman–Crippen MR) is 68.6 cm³/mol. The van der Waals surface area contributed by atoms with Crippen LogP contribution in [0.4, 0.5) is 18.9 Å². The first-order valence-electron chi connectivity index (χ1n) is 5.74. The van der Waals surface area contributed by atoms with Crippen molar-refractivity contribution < 1.29 is 23.1 Å². The van der Waals surface area contributed by atoms with E-state index in [0.29, 0.717) is 11.8 Å². The van der Waals surface area contributed by atoms with Gasteiger partial charge in [0.2, 0.25) is 0 Å². The first-order chi connectivity index (χ1) is 9.70. The first kappa shape index (κ1) is 14.8. The van der Waals surface area contributed by atoms with Crippen LogP contribution in [0.15, 0.2) is 24.4 Å². The van der Waals surface area contributed by atoms with Crippen molar-refractivity contribution in [1.82, 2.24) is 9.97 Å². The number of anilines is 1. The maximum atomic E-state index is 13.1. The fourth-order valence-electron chi connectivity index (χ4n) is 1.79. The van der Waals surface area contributed by atoms with E-state index >= 15 is 0 Å². The summed E-state index contributed by atoms with van der Waals surface area (Å²) in [7, 11) is 0. The fraction of sp³-hybridized carbons (Fsp3) is 0.154. The number of hydrogen-bond acceptors (Lipinski definition) is 4. The van der Waals surface area contributed by atoms with Gasteiger partial charge in [0.15, 0.2) is 5.69 Å². The van der Waals surface area contributed by atoms with Gasteiger partial charge in [0.25, 0.3) is 0 Å². The minimum Gasteiger partial charge on any atom is -0.477 e. The number of carboxylic acid groups (broad SMARTS) is 1. The molecule has 5 nitrogen and oxygen atoms in total. The molecule has 0 radical (unpaired) electrons. The minimum atomic E-state index is -4.76. The van der Waals surface area contributed by atoms with E-state index in [0.717, 1.165) is 0 Å². The van der Waals surface area contributed by atoms with Crippen molar-refractivity contribution in [3.8, 4) is 11.3 Å². The van der Waals surface area contributed by atoms with Gasteiger partial charge in [-0.15, -0.1) is 0 Å². The number of nitrogens with zero attached hydrogens (tertiary/aromatic N) is 2. The standard InChI is InChI=1S/C13H10F3N3O2/c1-6-2-3-7(5-18-6)11-10(13(14,15)16)8(17)4-9(19-11)12(20)21/h2-5H,1H3,(H2,17,19)(H,20,21). The third-order valence-electron chi connectivity index (χ3n) is 2.74. The van der Waals surface area contributed by atoms with Crippen LogP contribution >= 0.6 is 0 Å². The van der Waals surface area contributed by atoms with E-state index < -0.39 is 34.8 Å². The molecule has 2 aromatic heterocycles. The molecular formula is C13H10F3N3O2. The number of pyridine rings is 2. The monoisotopic (exact) mass is 297 g/mol. The normalized spacial score (nSPS) is 11.4. The number of hydrogen-bond donors (Lipinski definition) is 2. The van der Waals surface area contributed by atoms with Crippen LogP contribution in [-0.4, -0.2) is 21.0 Å². The maximum Gasteiger partial charge on any atom is 0.420 e. The summed E-state index contributed by atoms with van der Waals surface area (Å²) >= 11 is 0. The molecule has 0 fully saturated rings. The van der Waals surface area contributed by atoms with Gasteiger partial charge in [-0.1, -0.05) is 0 Å². The van der Waals surface area contributed by atoms with Gasteiger partial charge in [-0.2, -0.15) is 13.2 Å². The predicted octanol–water partition coefficient (Wildman–Crippen LogP) is 2.75. The van der Waals surface area contributed by atoms with Gasteiger partial charge >= 0.3 is 12.1 Å². The van der Waals surface area contributed by atoms with Crippen LogP contribution in [0, 0.1) is 6.92 Å². The Morgan fingerprint density at radius 2 is 2.00 bits per heavy atom. The summed E-state index contributed by atoms with van der Waals surface area (Å²) in [5, 5.41) is 8.90. The Balaban J connectivity index is 2.77. The van der Waals surface area contributed by atoms with Gasteiger partial charge in [0.05, 0.1) is 5.69 Å². The highest BCUT2D eigenvalue weighted by molar-refractivity contribution is 5.88. The zero-order valence-electron chi connectivity index (χ0n) is 10.8. The molecule has 0 atom stereocenters. The number of halogens is 3. The van der Waals surface area contributed by atoms with E-state index in [2.05, 4.69) is 9.97 Å². The minimum absolute atomic E-state index is 0.0442. The van der Waals surface area contributed by atoms with Crippen molar-refractivity contribution in [1.29, 1.82) is 0 Å². The highest BCUT2D eigenvalue weighted by Gasteiger charge is 2.38. The average molecular weight is 297 g/mol. The molecule has 8 heteroatoms. The number of rotatable bonds is 2. The summed E-state index contributed by atoms with van der Waals surface area (Å²) in [5.74, 6) is -1.46. The molecule has 0 saturated heterocycles. The average Bonchev–Trinajstić information content (AvgIpc) is 2.37. The Kier molecular flexibility index (Phi) is 3.54. The number of carbonyl (C=O) groups is 1. The van der Waals surface area contributed by atoms with Crippen LogP contribution in [-0.2, 0) is 6.18 Å². The molecule has 0 spiro atoms. The van der Waals surface area contributed by atoms with Crippen LogP contribution in [0.1, 0.15) is 21.7 Å². The molecule has 2 heterocycles. The summed E-state index contributed by atoms with van der Waals surface area (Å²) in [6, 6.07) is 3.57. The quantitative estimate of drug-likeness (QED) is 0.889. The van der Waals surface area contributed by atoms with Gasteiger partial charge in [0, 0.05) is 23.1 Å². The molecule has 2 aromatic rings. The van der Waals surface area contributed by atoms with E-state index in [1.807, 2.05) is 0 Å². The zero-order chi connectivity index (χ0) is 15.8. The van der Waals surface area contributed by atoms with Crippen molar-refractivity contribution in [2.45, 2.75) is 13.1 Å². The Morgan fingerprint density at radius 1 is 1.33 bits per heavy atom. The Labute approximate surface area is 117 Å². The zero-order valence-corrected chi connectivity index (χ0v) is 10.8. The molecule has 0 aliphatic heterocycles. The molecule has 0 unspecified atom stereocenters. The maximum absolute atomic E-state index is 13.1. The number of aromatic carboxylic acids is 1. The number of alkyl halides is 3. The molecule has 0 amide bonds. The number of nitrogens with two attached hydrogens (primary N) is 1. The molecule has 0 bridgehead atoms. The second-order valence-electron chi connectivity index (χ2n) is 4.31. The van der Waals surface area contributed by atoms with Gasteiger partial charge in [-0.05, 0) is 25.1 Å². The SMILES string of the molecule is Cc1ccc(-c2nc(C(=O)O)cc(N)c2C(F)(F)F)cn1. The van der Waals surface area contributed by atoms with Crippen LogP contribution in [0.3, 0.4) is 0 Å². The molecule has 21 heavy (non-hydrogen) atoms. The van der Waals surface area contributed by atoms with Crippen LogP contribution in [0.25, 0.3) is 11.3 Å². The van der Waals surface area contributed by atoms with Crippen LogP contribution in [0.5, 0.6) is 0 Å². The molecule has 3 N–H and O–H groups in total. The summed E-state index contributed by atoms with van der Waals surface area (Å²) in [6.45, 7) is 1.67. The molecule has 0 aliphatic rings. The van der Waals surface area contributed by atoms with Gasteiger partial charge in [-0.3, -0.25) is 4.98 Å². The van der Waals surface area contributed by atoms with E-state index in [9.17, 15) is 18.0 Å². The van der Waals surface area contributed by atoms with Crippen molar-refractivity contribution >= 4 is 11.7 Å². The second-order valence-corrected chi connectivity index (χ2v) is 4.31. The lowest BCUT2D eigenvalue weighted by atomic mass is 10.0. The van der Waals surface area contributed by atoms with E-state index in [1.165, 1.54) is 18.3 Å². The third-order valence-corrected chi connectivity index (χ3v) is 2.74. The molecule has 2 rings (SSSR count). The van der Waals surface area contributed by atoms with Crippen molar-refractivity contribution in [3.05, 3.63) is 41.3 Å². The Morgan fingerprint density at radius 3 is 2.48 bits per heavy atom. The fourth-order valence-corrected chi connectivity index (χ4v) is 1.79. The molecule has 110 valence electrons. The number of nitrogen functional groups attached to an aromatic ring is 1. The Hall–Kier alpha value is -2.64. The summed E-state index contributed by atoms with van der Waals surface area (Å²) in [5.41, 5.74) is 3.05. The number of aryl methyl sites for hydroxylation is 1. The lowest BCUT2D eigenvalue weighted by molar-refractivity contribution is -0.136. The van der Waals surface area contributed by atoms with E-state index in [1.54, 1.807) is 6.92 Å². The molecule has 0 aromatic carbocycles. The molecular weight excluding hydrogens is 287 g/mol. The van der Waals surface area contributed by atoms with E-state index in [4.69, 9.17) is 10.8 Å². The van der Waals surface area contributed by atoms with Gasteiger partial charge < -0.3 is 10.8 Å². The third kappa shape index (κ3) is 2.93. The summed E-state index contributed by atoms with van der Waals surface area (Å²) in [4.78, 5) is 18.4. The topological polar surface area (TPSA) is 89.1 Å². The van der Waals surface area contributed by atoms with Crippen molar-refractivity contribution in [3.63, 3.8) is 0 Å². The van der Waals surface area contributed by atoms with E-state index in [-0.39, 0.29) is 5.56 Å². The lowest BCUT2D eigenvalue weighted by Gasteiger charge is -2.15. The van der Waals surface area contributed by atoms with Crippen molar-refractivity contribution in [2.75, 3.05) is 5.73 Å². The van der Waals surface area contributed by atoms with Crippen molar-refractivity contribution in [2.24, 2.45) is 0 Å². The summed E-state index contributed by atoms with van der Waals surface area (Å²) in [6.07, 6.45) is -3.56. The largest absolute Gasteiger partial charge is 0.477 e. The van der Waals surface area contributed by atoms with Crippen LogP contribution < -0.4 is 5.73 Å². The molecule has 0 aliphatic carbocycles. The summed E-state index contributed by atoms with van der Waals surface area (Å²) < 4.78 is 39.4.